The molecule has 1 aromatic heterocycles. The molecule has 1 aromatic rings. The molecule has 0 aliphatic carbocycles. The van der Waals surface area contributed by atoms with Gasteiger partial charge in [0.05, 0.1) is 6.07 Å². The standard InChI is InChI=1S/C13H21N3/c1-13(2,3)15-11-12-7-6-10-16(12)9-5-4-8-14/h6-7,10,15H,4-5,9,11H2,1-3H3. The van der Waals surface area contributed by atoms with Crippen molar-refractivity contribution in [3.63, 3.8) is 0 Å². The van der Waals surface area contributed by atoms with E-state index in [0.717, 1.165) is 19.5 Å². The van der Waals surface area contributed by atoms with E-state index in [1.165, 1.54) is 5.69 Å². The monoisotopic (exact) mass is 219 g/mol. The van der Waals surface area contributed by atoms with E-state index >= 15 is 0 Å². The van der Waals surface area contributed by atoms with Crippen molar-refractivity contribution in [2.45, 2.75) is 52.2 Å². The van der Waals surface area contributed by atoms with Gasteiger partial charge in [-0.1, -0.05) is 0 Å². The van der Waals surface area contributed by atoms with Crippen molar-refractivity contribution >= 4 is 0 Å². The van der Waals surface area contributed by atoms with Crippen LogP contribution in [-0.4, -0.2) is 10.1 Å². The maximum Gasteiger partial charge on any atom is 0.0622 e. The highest BCUT2D eigenvalue weighted by Gasteiger charge is 2.09. The van der Waals surface area contributed by atoms with Crippen LogP contribution in [0.25, 0.3) is 0 Å². The summed E-state index contributed by atoms with van der Waals surface area (Å²) in [6, 6.07) is 6.37. The average molecular weight is 219 g/mol. The van der Waals surface area contributed by atoms with Crippen LogP contribution in [-0.2, 0) is 13.1 Å². The van der Waals surface area contributed by atoms with E-state index in [2.05, 4.69) is 55.1 Å². The van der Waals surface area contributed by atoms with Gasteiger partial charge in [0.1, 0.15) is 0 Å². The summed E-state index contributed by atoms with van der Waals surface area (Å²) in [5.41, 5.74) is 1.43. The topological polar surface area (TPSA) is 40.8 Å². The Labute approximate surface area is 98.1 Å². The van der Waals surface area contributed by atoms with Gasteiger partial charge in [-0.3, -0.25) is 0 Å². The molecule has 0 saturated carbocycles. The number of aromatic nitrogens is 1. The summed E-state index contributed by atoms with van der Waals surface area (Å²) >= 11 is 0. The van der Waals surface area contributed by atoms with Gasteiger partial charge in [-0.25, -0.2) is 0 Å². The minimum absolute atomic E-state index is 0.141. The number of unbranched alkanes of at least 4 members (excludes halogenated alkanes) is 1. The number of aryl methyl sites for hydroxylation is 1. The second-order valence-corrected chi connectivity index (χ2v) is 5.06. The van der Waals surface area contributed by atoms with E-state index < -0.39 is 0 Å². The fourth-order valence-corrected chi connectivity index (χ4v) is 1.51. The molecular formula is C13H21N3. The van der Waals surface area contributed by atoms with Crippen LogP contribution in [0.1, 0.15) is 39.3 Å². The Morgan fingerprint density at radius 1 is 1.44 bits per heavy atom. The molecule has 88 valence electrons. The zero-order chi connectivity index (χ0) is 12.0. The molecule has 1 rings (SSSR count). The lowest BCUT2D eigenvalue weighted by atomic mass is 10.1. The Morgan fingerprint density at radius 3 is 2.81 bits per heavy atom. The molecule has 0 bridgehead atoms. The zero-order valence-corrected chi connectivity index (χ0v) is 10.5. The van der Waals surface area contributed by atoms with Crippen molar-refractivity contribution in [2.75, 3.05) is 0 Å². The molecule has 3 nitrogen and oxygen atoms in total. The van der Waals surface area contributed by atoms with Gasteiger partial charge in [-0.15, -0.1) is 0 Å². The molecule has 3 heteroatoms. The van der Waals surface area contributed by atoms with Crippen molar-refractivity contribution in [2.24, 2.45) is 0 Å². The van der Waals surface area contributed by atoms with Crippen LogP contribution >= 0.6 is 0 Å². The second kappa shape index (κ2) is 5.72. The van der Waals surface area contributed by atoms with Crippen LogP contribution in [0.15, 0.2) is 18.3 Å². The maximum absolute atomic E-state index is 8.50. The molecule has 1 N–H and O–H groups in total. The average Bonchev–Trinajstić information content (AvgIpc) is 2.62. The second-order valence-electron chi connectivity index (χ2n) is 5.06. The van der Waals surface area contributed by atoms with Gasteiger partial charge in [0.15, 0.2) is 0 Å². The third kappa shape index (κ3) is 4.50. The lowest BCUT2D eigenvalue weighted by Gasteiger charge is -2.21. The van der Waals surface area contributed by atoms with E-state index in [0.29, 0.717) is 6.42 Å². The number of hydrogen-bond donors (Lipinski definition) is 1. The molecule has 16 heavy (non-hydrogen) atoms. The fraction of sp³-hybridized carbons (Fsp3) is 0.615. The van der Waals surface area contributed by atoms with Gasteiger partial charge in [0.2, 0.25) is 0 Å². The Morgan fingerprint density at radius 2 is 2.19 bits per heavy atom. The molecule has 0 fully saturated rings. The van der Waals surface area contributed by atoms with Gasteiger partial charge in [0.25, 0.3) is 0 Å². The lowest BCUT2D eigenvalue weighted by molar-refractivity contribution is 0.415. The Kier molecular flexibility index (Phi) is 4.57. The van der Waals surface area contributed by atoms with Crippen molar-refractivity contribution in [3.8, 4) is 6.07 Å². The van der Waals surface area contributed by atoms with Crippen LogP contribution in [0.5, 0.6) is 0 Å². The van der Waals surface area contributed by atoms with Crippen LogP contribution in [0.4, 0.5) is 0 Å². The van der Waals surface area contributed by atoms with E-state index in [9.17, 15) is 0 Å². The molecule has 0 saturated heterocycles. The first-order chi connectivity index (χ1) is 7.53. The van der Waals surface area contributed by atoms with Crippen molar-refractivity contribution in [1.82, 2.24) is 9.88 Å². The van der Waals surface area contributed by atoms with E-state index in [4.69, 9.17) is 5.26 Å². The number of hydrogen-bond acceptors (Lipinski definition) is 2. The molecule has 0 aliphatic rings. The van der Waals surface area contributed by atoms with Crippen LogP contribution in [0.3, 0.4) is 0 Å². The van der Waals surface area contributed by atoms with Gasteiger partial charge < -0.3 is 9.88 Å². The molecule has 0 atom stereocenters. The van der Waals surface area contributed by atoms with Gasteiger partial charge in [-0.05, 0) is 39.3 Å². The molecule has 1 heterocycles. The number of nitrogens with zero attached hydrogens (tertiary/aromatic N) is 2. The Bertz CT molecular complexity index is 352. The van der Waals surface area contributed by atoms with Crippen LogP contribution < -0.4 is 5.32 Å². The van der Waals surface area contributed by atoms with Gasteiger partial charge in [-0.2, -0.15) is 5.26 Å². The first kappa shape index (κ1) is 12.8. The third-order valence-corrected chi connectivity index (χ3v) is 2.41. The minimum Gasteiger partial charge on any atom is -0.350 e. The third-order valence-electron chi connectivity index (χ3n) is 2.41. The highest BCUT2D eigenvalue weighted by molar-refractivity contribution is 5.07. The van der Waals surface area contributed by atoms with E-state index in [1.807, 2.05) is 0 Å². The molecule has 0 aromatic carbocycles. The predicted molar refractivity (Wildman–Crippen MR) is 65.9 cm³/mol. The predicted octanol–water partition coefficient (Wildman–Crippen LogP) is 2.68. The van der Waals surface area contributed by atoms with Gasteiger partial charge in [0, 0.05) is 36.9 Å². The highest BCUT2D eigenvalue weighted by atomic mass is 15.0. The Balaban J connectivity index is 2.48. The fourth-order valence-electron chi connectivity index (χ4n) is 1.51. The van der Waals surface area contributed by atoms with E-state index in [-0.39, 0.29) is 5.54 Å². The normalized spacial score (nSPS) is 11.4. The summed E-state index contributed by atoms with van der Waals surface area (Å²) in [6.07, 6.45) is 3.63. The van der Waals surface area contributed by atoms with Crippen LogP contribution in [0, 0.1) is 11.3 Å². The SMILES string of the molecule is CC(C)(C)NCc1cccn1CCCC#N. The summed E-state index contributed by atoms with van der Waals surface area (Å²) in [5.74, 6) is 0. The van der Waals surface area contributed by atoms with Gasteiger partial charge >= 0.3 is 0 Å². The highest BCUT2D eigenvalue weighted by Crippen LogP contribution is 2.07. The molecule has 0 amide bonds. The van der Waals surface area contributed by atoms with Crippen LogP contribution in [0.2, 0.25) is 0 Å². The summed E-state index contributed by atoms with van der Waals surface area (Å²) in [6.45, 7) is 8.30. The number of rotatable bonds is 5. The Hall–Kier alpha value is -1.27. The molecule has 0 spiro atoms. The zero-order valence-electron chi connectivity index (χ0n) is 10.5. The summed E-state index contributed by atoms with van der Waals surface area (Å²) in [7, 11) is 0. The molecule has 0 radical (unpaired) electrons. The molecule has 0 unspecified atom stereocenters. The smallest absolute Gasteiger partial charge is 0.0622 e. The molecule has 0 aliphatic heterocycles. The first-order valence-electron chi connectivity index (χ1n) is 5.79. The number of nitrogens with one attached hydrogen (secondary N) is 1. The van der Waals surface area contributed by atoms with Crippen molar-refractivity contribution in [1.29, 1.82) is 5.26 Å². The number of nitriles is 1. The quantitative estimate of drug-likeness (QED) is 0.773. The minimum atomic E-state index is 0.141. The first-order valence-corrected chi connectivity index (χ1v) is 5.79. The largest absolute Gasteiger partial charge is 0.350 e. The summed E-state index contributed by atoms with van der Waals surface area (Å²) in [4.78, 5) is 0. The van der Waals surface area contributed by atoms with E-state index in [1.54, 1.807) is 0 Å². The van der Waals surface area contributed by atoms with Crippen molar-refractivity contribution in [3.05, 3.63) is 24.0 Å². The summed E-state index contributed by atoms with van der Waals surface area (Å²) in [5, 5.41) is 12.0. The summed E-state index contributed by atoms with van der Waals surface area (Å²) < 4.78 is 2.22. The van der Waals surface area contributed by atoms with Crippen molar-refractivity contribution < 1.29 is 0 Å². The lowest BCUT2D eigenvalue weighted by Crippen LogP contribution is -2.35. The maximum atomic E-state index is 8.50. The molecular weight excluding hydrogens is 198 g/mol.